The summed E-state index contributed by atoms with van der Waals surface area (Å²) in [5.41, 5.74) is 5.97. The van der Waals surface area contributed by atoms with Gasteiger partial charge in [-0.25, -0.2) is 0 Å². The second-order valence-electron chi connectivity index (χ2n) is 5.87. The second kappa shape index (κ2) is 5.48. The van der Waals surface area contributed by atoms with Gasteiger partial charge in [0.25, 0.3) is 0 Å². The molecule has 94 valence electrons. The predicted molar refractivity (Wildman–Crippen MR) is 66.3 cm³/mol. The normalized spacial score (nSPS) is 34.9. The van der Waals surface area contributed by atoms with Crippen LogP contribution in [-0.4, -0.2) is 44.8 Å². The van der Waals surface area contributed by atoms with Gasteiger partial charge >= 0.3 is 0 Å². The fourth-order valence-corrected chi connectivity index (χ4v) is 3.74. The first-order valence-corrected chi connectivity index (χ1v) is 6.62. The monoisotopic (exact) mass is 226 g/mol. The number of fused-ring (bicyclic) bond motifs is 2. The van der Waals surface area contributed by atoms with Crippen LogP contribution in [0.2, 0.25) is 0 Å². The van der Waals surface area contributed by atoms with Gasteiger partial charge in [-0.3, -0.25) is 0 Å². The van der Waals surface area contributed by atoms with Gasteiger partial charge in [-0.1, -0.05) is 6.42 Å². The fourth-order valence-electron chi connectivity index (χ4n) is 3.74. The number of hydrogen-bond donors (Lipinski definition) is 1. The minimum absolute atomic E-state index is 0.161. The highest BCUT2D eigenvalue weighted by Gasteiger charge is 2.39. The van der Waals surface area contributed by atoms with E-state index in [-0.39, 0.29) is 6.04 Å². The highest BCUT2D eigenvalue weighted by atomic mass is 16.5. The molecular formula is C13H26N2O. The lowest BCUT2D eigenvalue weighted by atomic mass is 9.88. The van der Waals surface area contributed by atoms with Crippen molar-refractivity contribution in [2.45, 2.75) is 31.7 Å². The molecule has 0 aromatic carbocycles. The Morgan fingerprint density at radius 1 is 1.38 bits per heavy atom. The molecule has 2 aliphatic rings. The lowest BCUT2D eigenvalue weighted by Crippen LogP contribution is -2.40. The van der Waals surface area contributed by atoms with Gasteiger partial charge in [-0.05, 0) is 44.1 Å². The van der Waals surface area contributed by atoms with Crippen LogP contribution < -0.4 is 5.73 Å². The van der Waals surface area contributed by atoms with E-state index in [0.29, 0.717) is 6.61 Å². The van der Waals surface area contributed by atoms with Crippen molar-refractivity contribution in [1.29, 1.82) is 0 Å². The maximum absolute atomic E-state index is 5.97. The number of rotatable bonds is 6. The van der Waals surface area contributed by atoms with Gasteiger partial charge in [0.2, 0.25) is 0 Å². The molecule has 0 saturated heterocycles. The third kappa shape index (κ3) is 2.96. The van der Waals surface area contributed by atoms with E-state index in [4.69, 9.17) is 10.5 Å². The second-order valence-corrected chi connectivity index (χ2v) is 5.87. The number of hydrogen-bond acceptors (Lipinski definition) is 3. The fraction of sp³-hybridized carbons (Fsp3) is 1.00. The van der Waals surface area contributed by atoms with Crippen LogP contribution in [0.4, 0.5) is 0 Å². The summed E-state index contributed by atoms with van der Waals surface area (Å²) in [4.78, 5) is 2.40. The first kappa shape index (κ1) is 12.3. The quantitative estimate of drug-likeness (QED) is 0.742. The molecule has 4 unspecified atom stereocenters. The Bertz CT molecular complexity index is 222. The smallest absolute Gasteiger partial charge is 0.0626 e. The summed E-state index contributed by atoms with van der Waals surface area (Å²) in [6, 6.07) is 0.161. The number of ether oxygens (including phenoxy) is 1. The average Bonchev–Trinajstić information content (AvgIpc) is 2.78. The Morgan fingerprint density at radius 3 is 2.75 bits per heavy atom. The third-order valence-corrected chi connectivity index (χ3v) is 4.36. The van der Waals surface area contributed by atoms with Gasteiger partial charge in [-0.2, -0.15) is 0 Å². The van der Waals surface area contributed by atoms with Crippen molar-refractivity contribution in [2.75, 3.05) is 33.9 Å². The molecular weight excluding hydrogens is 200 g/mol. The van der Waals surface area contributed by atoms with E-state index in [1.54, 1.807) is 7.11 Å². The maximum atomic E-state index is 5.97. The van der Waals surface area contributed by atoms with Crippen molar-refractivity contribution in [2.24, 2.45) is 23.5 Å². The number of methoxy groups -OCH3 is 1. The van der Waals surface area contributed by atoms with Gasteiger partial charge in [0.15, 0.2) is 0 Å². The van der Waals surface area contributed by atoms with Gasteiger partial charge < -0.3 is 15.4 Å². The molecule has 0 amide bonds. The van der Waals surface area contributed by atoms with E-state index in [0.717, 1.165) is 24.3 Å². The Labute approximate surface area is 99.3 Å². The summed E-state index contributed by atoms with van der Waals surface area (Å²) in [5.74, 6) is 3.01. The highest BCUT2D eigenvalue weighted by molar-refractivity contribution is 4.91. The molecule has 2 rings (SSSR count). The number of nitrogens with two attached hydrogens (primary N) is 1. The summed E-state index contributed by atoms with van der Waals surface area (Å²) in [5, 5.41) is 0. The van der Waals surface area contributed by atoms with Crippen LogP contribution in [0.5, 0.6) is 0 Å². The molecule has 2 N–H and O–H groups in total. The highest BCUT2D eigenvalue weighted by Crippen LogP contribution is 2.48. The van der Waals surface area contributed by atoms with Crippen molar-refractivity contribution >= 4 is 0 Å². The van der Waals surface area contributed by atoms with Gasteiger partial charge in [0.05, 0.1) is 6.61 Å². The molecule has 3 heteroatoms. The van der Waals surface area contributed by atoms with Gasteiger partial charge in [0.1, 0.15) is 0 Å². The van der Waals surface area contributed by atoms with Gasteiger partial charge in [0, 0.05) is 26.2 Å². The molecule has 0 aromatic rings. The molecule has 3 nitrogen and oxygen atoms in total. The minimum atomic E-state index is 0.161. The van der Waals surface area contributed by atoms with Gasteiger partial charge in [-0.15, -0.1) is 0 Å². The molecule has 0 spiro atoms. The summed E-state index contributed by atoms with van der Waals surface area (Å²) >= 11 is 0. The van der Waals surface area contributed by atoms with E-state index in [9.17, 15) is 0 Å². The van der Waals surface area contributed by atoms with E-state index in [2.05, 4.69) is 11.9 Å². The zero-order chi connectivity index (χ0) is 11.5. The number of nitrogens with zero attached hydrogens (tertiary/aromatic N) is 1. The Kier molecular flexibility index (Phi) is 4.22. The largest absolute Gasteiger partial charge is 0.383 e. The minimum Gasteiger partial charge on any atom is -0.383 e. The summed E-state index contributed by atoms with van der Waals surface area (Å²) < 4.78 is 5.07. The van der Waals surface area contributed by atoms with E-state index >= 15 is 0 Å². The molecule has 0 heterocycles. The van der Waals surface area contributed by atoms with Crippen LogP contribution in [0.1, 0.15) is 25.7 Å². The lowest BCUT2D eigenvalue weighted by molar-refractivity contribution is 0.149. The van der Waals surface area contributed by atoms with E-state index in [1.807, 2.05) is 0 Å². The Hall–Kier alpha value is -0.120. The standard InChI is InChI=1S/C13H26N2O/c1-15(8-13(14)9-16-2)7-12-6-10-3-4-11(12)5-10/h10-13H,3-9,14H2,1-2H3. The van der Waals surface area contributed by atoms with Crippen LogP contribution in [-0.2, 0) is 4.74 Å². The zero-order valence-corrected chi connectivity index (χ0v) is 10.7. The first-order chi connectivity index (χ1) is 7.69. The molecule has 0 aromatic heterocycles. The summed E-state index contributed by atoms with van der Waals surface area (Å²) in [7, 11) is 3.91. The predicted octanol–water partition coefficient (Wildman–Crippen LogP) is 1.33. The molecule has 2 bridgehead atoms. The lowest BCUT2D eigenvalue weighted by Gasteiger charge is -2.28. The van der Waals surface area contributed by atoms with Crippen molar-refractivity contribution < 1.29 is 4.74 Å². The van der Waals surface area contributed by atoms with Crippen molar-refractivity contribution in [3.8, 4) is 0 Å². The number of likely N-dealkylation sites (N-methyl/N-ethyl adjacent to an activating group) is 1. The Balaban J connectivity index is 1.69. The third-order valence-electron chi connectivity index (χ3n) is 4.36. The van der Waals surface area contributed by atoms with E-state index in [1.165, 1.54) is 32.2 Å². The SMILES string of the molecule is COCC(N)CN(C)CC1CC2CCC1C2. The Morgan fingerprint density at radius 2 is 2.19 bits per heavy atom. The van der Waals surface area contributed by atoms with Crippen LogP contribution in [0.3, 0.4) is 0 Å². The first-order valence-electron chi connectivity index (χ1n) is 6.62. The molecule has 2 saturated carbocycles. The summed E-state index contributed by atoms with van der Waals surface area (Å²) in [6.07, 6.45) is 5.94. The molecule has 2 aliphatic carbocycles. The van der Waals surface area contributed by atoms with Crippen LogP contribution in [0.25, 0.3) is 0 Å². The van der Waals surface area contributed by atoms with Crippen molar-refractivity contribution in [1.82, 2.24) is 4.90 Å². The molecule has 2 fully saturated rings. The van der Waals surface area contributed by atoms with Crippen LogP contribution in [0, 0.1) is 17.8 Å². The van der Waals surface area contributed by atoms with E-state index < -0.39 is 0 Å². The zero-order valence-electron chi connectivity index (χ0n) is 10.7. The molecule has 0 radical (unpaired) electrons. The molecule has 4 atom stereocenters. The summed E-state index contributed by atoms with van der Waals surface area (Å²) in [6.45, 7) is 2.86. The van der Waals surface area contributed by atoms with Crippen LogP contribution in [0.15, 0.2) is 0 Å². The van der Waals surface area contributed by atoms with Crippen LogP contribution >= 0.6 is 0 Å². The topological polar surface area (TPSA) is 38.5 Å². The average molecular weight is 226 g/mol. The van der Waals surface area contributed by atoms with Crippen molar-refractivity contribution in [3.63, 3.8) is 0 Å². The van der Waals surface area contributed by atoms with Crippen molar-refractivity contribution in [3.05, 3.63) is 0 Å². The molecule has 16 heavy (non-hydrogen) atoms. The molecule has 0 aliphatic heterocycles. The maximum Gasteiger partial charge on any atom is 0.0626 e.